The maximum Gasteiger partial charge on any atom is 0.263 e. The molecule has 0 saturated heterocycles. The van der Waals surface area contributed by atoms with E-state index in [0.717, 1.165) is 11.5 Å². The molecule has 110 valence electrons. The third-order valence-corrected chi connectivity index (χ3v) is 5.91. The molecule has 0 aliphatic heterocycles. The number of hydrogen-bond donors (Lipinski definition) is 3. The van der Waals surface area contributed by atoms with Gasteiger partial charge in [-0.05, 0) is 43.4 Å². The summed E-state index contributed by atoms with van der Waals surface area (Å²) >= 11 is 1.52. The van der Waals surface area contributed by atoms with Crippen molar-refractivity contribution in [1.29, 1.82) is 0 Å². The minimum absolute atomic E-state index is 0.0703. The molecule has 1 aromatic heterocycles. The SMILES string of the molecule is CCC1(CNc2sc(C(=O)NC)c(N)c2C2CC2)CC1. The molecule has 0 bridgehead atoms. The summed E-state index contributed by atoms with van der Waals surface area (Å²) in [6.07, 6.45) is 6.25. The van der Waals surface area contributed by atoms with Gasteiger partial charge in [-0.2, -0.15) is 0 Å². The molecular formula is C15H23N3OS. The van der Waals surface area contributed by atoms with Gasteiger partial charge in [-0.25, -0.2) is 0 Å². The Kier molecular flexibility index (Phi) is 3.40. The Morgan fingerprint density at radius 3 is 2.65 bits per heavy atom. The normalized spacial score (nSPS) is 19.7. The van der Waals surface area contributed by atoms with E-state index < -0.39 is 0 Å². The van der Waals surface area contributed by atoms with Gasteiger partial charge < -0.3 is 16.4 Å². The van der Waals surface area contributed by atoms with E-state index in [1.807, 2.05) is 0 Å². The minimum Gasteiger partial charge on any atom is -0.397 e. The van der Waals surface area contributed by atoms with E-state index in [-0.39, 0.29) is 5.91 Å². The Morgan fingerprint density at radius 2 is 2.15 bits per heavy atom. The molecule has 0 unspecified atom stereocenters. The van der Waals surface area contributed by atoms with Crippen molar-refractivity contribution < 1.29 is 4.79 Å². The topological polar surface area (TPSA) is 67.2 Å². The van der Waals surface area contributed by atoms with Crippen LogP contribution in [-0.4, -0.2) is 19.5 Å². The molecule has 4 N–H and O–H groups in total. The Bertz CT molecular complexity index is 529. The zero-order valence-corrected chi connectivity index (χ0v) is 13.0. The molecule has 5 heteroatoms. The van der Waals surface area contributed by atoms with Crippen LogP contribution in [0.15, 0.2) is 0 Å². The van der Waals surface area contributed by atoms with Crippen LogP contribution in [-0.2, 0) is 0 Å². The van der Waals surface area contributed by atoms with Gasteiger partial charge in [0.25, 0.3) is 5.91 Å². The fourth-order valence-electron chi connectivity index (χ4n) is 2.75. The van der Waals surface area contributed by atoms with E-state index in [1.165, 1.54) is 49.0 Å². The lowest BCUT2D eigenvalue weighted by atomic mass is 10.0. The van der Waals surface area contributed by atoms with Crippen molar-refractivity contribution in [2.45, 2.75) is 44.9 Å². The molecule has 2 aliphatic carbocycles. The number of nitrogens with two attached hydrogens (primary N) is 1. The zero-order chi connectivity index (χ0) is 14.3. The van der Waals surface area contributed by atoms with Crippen LogP contribution in [0.2, 0.25) is 0 Å². The largest absolute Gasteiger partial charge is 0.397 e. The lowest BCUT2D eigenvalue weighted by molar-refractivity contribution is 0.0968. The Hall–Kier alpha value is -1.23. The summed E-state index contributed by atoms with van der Waals surface area (Å²) in [6.45, 7) is 3.27. The quantitative estimate of drug-likeness (QED) is 0.754. The van der Waals surface area contributed by atoms with Crippen molar-refractivity contribution in [3.63, 3.8) is 0 Å². The van der Waals surface area contributed by atoms with Crippen molar-refractivity contribution in [2.24, 2.45) is 5.41 Å². The second kappa shape index (κ2) is 4.95. The number of rotatable bonds is 6. The highest BCUT2D eigenvalue weighted by Crippen LogP contribution is 2.53. The summed E-state index contributed by atoms with van der Waals surface area (Å²) in [7, 11) is 1.65. The molecule has 0 radical (unpaired) electrons. The molecule has 2 fully saturated rings. The van der Waals surface area contributed by atoms with E-state index in [1.54, 1.807) is 7.05 Å². The summed E-state index contributed by atoms with van der Waals surface area (Å²) in [6, 6.07) is 0. The van der Waals surface area contributed by atoms with Crippen LogP contribution in [0, 0.1) is 5.41 Å². The Balaban J connectivity index is 1.83. The Morgan fingerprint density at radius 1 is 1.45 bits per heavy atom. The Labute approximate surface area is 124 Å². The first kappa shape index (κ1) is 13.7. The highest BCUT2D eigenvalue weighted by molar-refractivity contribution is 7.18. The fraction of sp³-hybridized carbons (Fsp3) is 0.667. The summed E-state index contributed by atoms with van der Waals surface area (Å²) < 4.78 is 0. The van der Waals surface area contributed by atoms with Crippen molar-refractivity contribution in [3.05, 3.63) is 10.4 Å². The summed E-state index contributed by atoms with van der Waals surface area (Å²) in [5.41, 5.74) is 8.60. The third-order valence-electron chi connectivity index (χ3n) is 4.73. The predicted molar refractivity (Wildman–Crippen MR) is 84.5 cm³/mol. The van der Waals surface area contributed by atoms with Crippen molar-refractivity contribution in [2.75, 3.05) is 24.6 Å². The number of nitrogens with one attached hydrogen (secondary N) is 2. The van der Waals surface area contributed by atoms with Crippen molar-refractivity contribution >= 4 is 27.9 Å². The van der Waals surface area contributed by atoms with Crippen LogP contribution < -0.4 is 16.4 Å². The zero-order valence-electron chi connectivity index (χ0n) is 12.2. The van der Waals surface area contributed by atoms with Gasteiger partial charge in [-0.15, -0.1) is 11.3 Å². The van der Waals surface area contributed by atoms with E-state index in [0.29, 0.717) is 21.9 Å². The van der Waals surface area contributed by atoms with Gasteiger partial charge >= 0.3 is 0 Å². The lowest BCUT2D eigenvalue weighted by Gasteiger charge is -2.14. The van der Waals surface area contributed by atoms with Crippen LogP contribution in [0.4, 0.5) is 10.7 Å². The van der Waals surface area contributed by atoms with Gasteiger partial charge in [-0.1, -0.05) is 6.92 Å². The monoisotopic (exact) mass is 293 g/mol. The van der Waals surface area contributed by atoms with Crippen LogP contribution >= 0.6 is 11.3 Å². The number of thiophene rings is 1. The van der Waals surface area contributed by atoms with Crippen molar-refractivity contribution in [1.82, 2.24) is 5.32 Å². The smallest absolute Gasteiger partial charge is 0.263 e. The summed E-state index contributed by atoms with van der Waals surface area (Å²) in [5, 5.41) is 7.40. The molecule has 3 rings (SSSR count). The number of carbonyl (C=O) groups is 1. The number of amides is 1. The van der Waals surface area contributed by atoms with Crippen LogP contribution in [0.25, 0.3) is 0 Å². The van der Waals surface area contributed by atoms with Crippen molar-refractivity contribution in [3.8, 4) is 0 Å². The molecule has 4 nitrogen and oxygen atoms in total. The number of carbonyl (C=O) groups excluding carboxylic acids is 1. The highest BCUT2D eigenvalue weighted by Gasteiger charge is 2.41. The fourth-order valence-corrected chi connectivity index (χ4v) is 3.90. The van der Waals surface area contributed by atoms with Gasteiger partial charge in [-0.3, -0.25) is 4.79 Å². The van der Waals surface area contributed by atoms with Crippen LogP contribution in [0.5, 0.6) is 0 Å². The summed E-state index contributed by atoms with van der Waals surface area (Å²) in [4.78, 5) is 12.6. The molecule has 2 saturated carbocycles. The number of hydrogen-bond acceptors (Lipinski definition) is 4. The van der Waals surface area contributed by atoms with E-state index in [2.05, 4.69) is 17.6 Å². The van der Waals surface area contributed by atoms with E-state index in [4.69, 9.17) is 5.73 Å². The predicted octanol–water partition coefficient (Wildman–Crippen LogP) is 3.17. The second-order valence-corrected chi connectivity index (χ2v) is 7.17. The highest BCUT2D eigenvalue weighted by atomic mass is 32.1. The first-order chi connectivity index (χ1) is 9.60. The number of nitrogen functional groups attached to an aromatic ring is 1. The average molecular weight is 293 g/mol. The van der Waals surface area contributed by atoms with Crippen LogP contribution in [0.3, 0.4) is 0 Å². The van der Waals surface area contributed by atoms with Gasteiger partial charge in [0.15, 0.2) is 0 Å². The van der Waals surface area contributed by atoms with E-state index in [9.17, 15) is 4.79 Å². The summed E-state index contributed by atoms with van der Waals surface area (Å²) in [5.74, 6) is 0.489. The molecule has 1 heterocycles. The first-order valence-corrected chi connectivity index (χ1v) is 8.30. The molecule has 0 aromatic carbocycles. The second-order valence-electron chi connectivity index (χ2n) is 6.15. The molecule has 20 heavy (non-hydrogen) atoms. The molecule has 1 amide bonds. The molecule has 1 aromatic rings. The number of anilines is 2. The maximum atomic E-state index is 11.9. The molecular weight excluding hydrogens is 270 g/mol. The third kappa shape index (κ3) is 2.39. The minimum atomic E-state index is -0.0703. The average Bonchev–Trinajstić information content (AvgIpc) is 3.36. The van der Waals surface area contributed by atoms with Gasteiger partial charge in [0.2, 0.25) is 0 Å². The molecule has 0 spiro atoms. The maximum absolute atomic E-state index is 11.9. The van der Waals surface area contributed by atoms with Crippen LogP contribution in [0.1, 0.15) is 60.2 Å². The molecule has 2 aliphatic rings. The lowest BCUT2D eigenvalue weighted by Crippen LogP contribution is -2.17. The molecule has 0 atom stereocenters. The van der Waals surface area contributed by atoms with Gasteiger partial charge in [0.05, 0.1) is 10.7 Å². The standard InChI is InChI=1S/C15H23N3OS/c1-3-15(6-7-15)8-18-14-10(9-4-5-9)11(16)12(20-14)13(19)17-2/h9,18H,3-8,16H2,1-2H3,(H,17,19). The first-order valence-electron chi connectivity index (χ1n) is 7.48. The van der Waals surface area contributed by atoms with E-state index >= 15 is 0 Å². The van der Waals surface area contributed by atoms with Gasteiger partial charge in [0, 0.05) is 19.2 Å². The van der Waals surface area contributed by atoms with Gasteiger partial charge in [0.1, 0.15) is 4.88 Å².